The summed E-state index contributed by atoms with van der Waals surface area (Å²) in [6.45, 7) is 0. The molecule has 90 valence electrons. The van der Waals surface area contributed by atoms with Crippen LogP contribution in [0.15, 0.2) is 30.5 Å². The number of fused-ring (bicyclic) bond motifs is 1. The van der Waals surface area contributed by atoms with Gasteiger partial charge in [0.1, 0.15) is 11.6 Å². The summed E-state index contributed by atoms with van der Waals surface area (Å²) in [7, 11) is 1.63. The summed E-state index contributed by atoms with van der Waals surface area (Å²) in [5.41, 5.74) is 8.53. The van der Waals surface area contributed by atoms with E-state index in [-0.39, 0.29) is 0 Å². The molecule has 0 saturated heterocycles. The molecule has 2 heterocycles. The van der Waals surface area contributed by atoms with Crippen LogP contribution >= 0.6 is 0 Å². The Balaban J connectivity index is 2.09. The number of hydrogen-bond donors (Lipinski definition) is 2. The second-order valence-corrected chi connectivity index (χ2v) is 3.79. The molecule has 0 fully saturated rings. The van der Waals surface area contributed by atoms with E-state index < -0.39 is 0 Å². The lowest BCUT2D eigenvalue weighted by molar-refractivity contribution is 0.415. The van der Waals surface area contributed by atoms with E-state index in [0.29, 0.717) is 17.0 Å². The van der Waals surface area contributed by atoms with Crippen LogP contribution in [-0.4, -0.2) is 27.3 Å². The first kappa shape index (κ1) is 10.5. The molecule has 0 aliphatic heterocycles. The topological polar surface area (TPSA) is 89.7 Å². The number of ether oxygens (including phenoxy) is 1. The van der Waals surface area contributed by atoms with Crippen LogP contribution in [0.4, 0.5) is 5.82 Å². The van der Waals surface area contributed by atoms with Crippen LogP contribution in [0.5, 0.6) is 5.75 Å². The van der Waals surface area contributed by atoms with Gasteiger partial charge < -0.3 is 10.5 Å². The molecule has 0 radical (unpaired) electrons. The van der Waals surface area contributed by atoms with Gasteiger partial charge in [0.05, 0.1) is 19.0 Å². The minimum absolute atomic E-state index is 0.424. The number of hydrogen-bond acceptors (Lipinski definition) is 5. The van der Waals surface area contributed by atoms with Crippen LogP contribution in [0.3, 0.4) is 0 Å². The molecule has 0 aliphatic carbocycles. The largest absolute Gasteiger partial charge is 0.497 e. The van der Waals surface area contributed by atoms with Crippen molar-refractivity contribution in [2.24, 2.45) is 0 Å². The van der Waals surface area contributed by atoms with E-state index in [1.165, 1.54) is 0 Å². The number of aromatic amines is 1. The molecule has 0 aliphatic rings. The molecule has 0 bridgehead atoms. The van der Waals surface area contributed by atoms with Crippen LogP contribution in [0.25, 0.3) is 22.4 Å². The zero-order valence-corrected chi connectivity index (χ0v) is 9.71. The van der Waals surface area contributed by atoms with Crippen molar-refractivity contribution in [3.05, 3.63) is 30.5 Å². The van der Waals surface area contributed by atoms with Gasteiger partial charge in [-0.3, -0.25) is 5.10 Å². The lowest BCUT2D eigenvalue weighted by atomic mass is 10.1. The van der Waals surface area contributed by atoms with Gasteiger partial charge in [0.15, 0.2) is 5.52 Å². The SMILES string of the molecule is COc1ccc(-c2cnc3n[nH]c(N)c3n2)cc1. The highest BCUT2D eigenvalue weighted by Crippen LogP contribution is 2.22. The number of aromatic nitrogens is 4. The number of rotatable bonds is 2. The fourth-order valence-corrected chi connectivity index (χ4v) is 1.71. The van der Waals surface area contributed by atoms with Gasteiger partial charge in [-0.2, -0.15) is 5.10 Å². The highest BCUT2D eigenvalue weighted by Gasteiger charge is 2.07. The fraction of sp³-hybridized carbons (Fsp3) is 0.0833. The number of anilines is 1. The molecule has 0 saturated carbocycles. The van der Waals surface area contributed by atoms with Crippen LogP contribution in [-0.2, 0) is 0 Å². The zero-order chi connectivity index (χ0) is 12.5. The molecule has 0 amide bonds. The number of nitrogens with one attached hydrogen (secondary N) is 1. The van der Waals surface area contributed by atoms with Crippen LogP contribution in [0, 0.1) is 0 Å². The first-order chi connectivity index (χ1) is 8.78. The normalized spacial score (nSPS) is 10.7. The van der Waals surface area contributed by atoms with E-state index in [0.717, 1.165) is 17.0 Å². The fourth-order valence-electron chi connectivity index (χ4n) is 1.71. The summed E-state index contributed by atoms with van der Waals surface area (Å²) in [6.07, 6.45) is 1.67. The average Bonchev–Trinajstić information content (AvgIpc) is 2.80. The Labute approximate surface area is 103 Å². The first-order valence-corrected chi connectivity index (χ1v) is 5.39. The lowest BCUT2D eigenvalue weighted by Crippen LogP contribution is -1.90. The molecule has 0 unspecified atom stereocenters. The van der Waals surface area contributed by atoms with Crippen LogP contribution in [0.1, 0.15) is 0 Å². The number of benzene rings is 1. The van der Waals surface area contributed by atoms with Gasteiger partial charge >= 0.3 is 0 Å². The molecule has 3 N–H and O–H groups in total. The molecular formula is C12H11N5O. The van der Waals surface area contributed by atoms with Gasteiger partial charge in [-0.15, -0.1) is 0 Å². The van der Waals surface area contributed by atoms with Crippen molar-refractivity contribution in [2.45, 2.75) is 0 Å². The smallest absolute Gasteiger partial charge is 0.201 e. The van der Waals surface area contributed by atoms with Gasteiger partial charge in [-0.1, -0.05) is 0 Å². The predicted octanol–water partition coefficient (Wildman–Crippen LogP) is 1.61. The van der Waals surface area contributed by atoms with Crippen molar-refractivity contribution in [3.8, 4) is 17.0 Å². The quantitative estimate of drug-likeness (QED) is 0.711. The summed E-state index contributed by atoms with van der Waals surface area (Å²) >= 11 is 0. The summed E-state index contributed by atoms with van der Waals surface area (Å²) < 4.78 is 5.11. The summed E-state index contributed by atoms with van der Waals surface area (Å²) in [6, 6.07) is 7.59. The monoisotopic (exact) mass is 241 g/mol. The molecule has 6 heteroatoms. The van der Waals surface area contributed by atoms with E-state index in [9.17, 15) is 0 Å². The first-order valence-electron chi connectivity index (χ1n) is 5.39. The molecule has 6 nitrogen and oxygen atoms in total. The minimum atomic E-state index is 0.424. The van der Waals surface area contributed by atoms with Gasteiger partial charge in [0.2, 0.25) is 5.65 Å². The Kier molecular flexibility index (Phi) is 2.33. The van der Waals surface area contributed by atoms with E-state index in [1.54, 1.807) is 13.3 Å². The van der Waals surface area contributed by atoms with Gasteiger partial charge in [-0.25, -0.2) is 9.97 Å². The van der Waals surface area contributed by atoms with Crippen molar-refractivity contribution in [2.75, 3.05) is 12.8 Å². The number of H-pyrrole nitrogens is 1. The number of methoxy groups -OCH3 is 1. The highest BCUT2D eigenvalue weighted by molar-refractivity contribution is 5.83. The molecule has 18 heavy (non-hydrogen) atoms. The van der Waals surface area contributed by atoms with Crippen molar-refractivity contribution in [3.63, 3.8) is 0 Å². The zero-order valence-electron chi connectivity index (χ0n) is 9.71. The van der Waals surface area contributed by atoms with Crippen molar-refractivity contribution < 1.29 is 4.74 Å². The lowest BCUT2D eigenvalue weighted by Gasteiger charge is -2.02. The van der Waals surface area contributed by atoms with Crippen molar-refractivity contribution in [1.82, 2.24) is 20.2 Å². The number of nitrogen functional groups attached to an aromatic ring is 1. The van der Waals surface area contributed by atoms with Gasteiger partial charge in [0.25, 0.3) is 0 Å². The molecule has 0 atom stereocenters. The summed E-state index contributed by atoms with van der Waals surface area (Å²) in [4.78, 5) is 8.64. The van der Waals surface area contributed by atoms with Crippen molar-refractivity contribution >= 4 is 17.0 Å². The molecule has 3 aromatic rings. The predicted molar refractivity (Wildman–Crippen MR) is 68.1 cm³/mol. The minimum Gasteiger partial charge on any atom is -0.497 e. The third-order valence-corrected chi connectivity index (χ3v) is 2.68. The molecular weight excluding hydrogens is 230 g/mol. The Morgan fingerprint density at radius 2 is 2.00 bits per heavy atom. The van der Waals surface area contributed by atoms with Crippen LogP contribution in [0.2, 0.25) is 0 Å². The van der Waals surface area contributed by atoms with Gasteiger partial charge in [-0.05, 0) is 24.3 Å². The van der Waals surface area contributed by atoms with Crippen molar-refractivity contribution in [1.29, 1.82) is 0 Å². The second-order valence-electron chi connectivity index (χ2n) is 3.79. The van der Waals surface area contributed by atoms with E-state index in [2.05, 4.69) is 20.2 Å². The third kappa shape index (κ3) is 1.64. The number of nitrogens with zero attached hydrogens (tertiary/aromatic N) is 3. The van der Waals surface area contributed by atoms with Gasteiger partial charge in [0, 0.05) is 5.56 Å². The Morgan fingerprint density at radius 1 is 1.22 bits per heavy atom. The maximum atomic E-state index is 5.73. The Hall–Kier alpha value is -2.63. The average molecular weight is 241 g/mol. The molecule has 1 aromatic carbocycles. The second kappa shape index (κ2) is 3.99. The molecule has 3 rings (SSSR count). The van der Waals surface area contributed by atoms with Crippen LogP contribution < -0.4 is 10.5 Å². The molecule has 2 aromatic heterocycles. The summed E-state index contributed by atoms with van der Waals surface area (Å²) in [5, 5.41) is 6.59. The Bertz CT molecular complexity index is 689. The molecule has 0 spiro atoms. The standard InChI is InChI=1S/C12H11N5O/c1-18-8-4-2-7(3-5-8)9-6-14-12-10(15-9)11(13)16-17-12/h2-6H,1H3,(H3,13,14,16,17). The maximum Gasteiger partial charge on any atom is 0.201 e. The van der Waals surface area contributed by atoms with E-state index >= 15 is 0 Å². The highest BCUT2D eigenvalue weighted by atomic mass is 16.5. The summed E-state index contributed by atoms with van der Waals surface area (Å²) in [5.74, 6) is 1.23. The third-order valence-electron chi connectivity index (χ3n) is 2.68. The maximum absolute atomic E-state index is 5.73. The Morgan fingerprint density at radius 3 is 2.72 bits per heavy atom. The number of nitrogens with two attached hydrogens (primary N) is 1. The van der Waals surface area contributed by atoms with E-state index in [4.69, 9.17) is 10.5 Å². The van der Waals surface area contributed by atoms with E-state index in [1.807, 2.05) is 24.3 Å².